The molecule has 2 aromatic rings. The maximum Gasteiger partial charge on any atom is 0.252 e. The van der Waals surface area contributed by atoms with Crippen LogP contribution in [0.25, 0.3) is 0 Å². The number of amides is 1. The zero-order valence-corrected chi connectivity index (χ0v) is 20.2. The molecule has 1 unspecified atom stereocenters. The van der Waals surface area contributed by atoms with Crippen LogP contribution in [0, 0.1) is 5.82 Å². The molecule has 1 atom stereocenters. The highest BCUT2D eigenvalue weighted by Gasteiger charge is 2.28. The van der Waals surface area contributed by atoms with Gasteiger partial charge in [0.1, 0.15) is 10.0 Å². The average molecular weight is 496 g/mol. The SMILES string of the molecule is O=C(Cc1ccc(S(=O)(=O)N2CCCCC2)s1)NCC(c1ccc(F)cc1)N1CCOCC1. The summed E-state index contributed by atoms with van der Waals surface area (Å²) in [4.78, 5) is 15.6. The van der Waals surface area contributed by atoms with Crippen LogP contribution < -0.4 is 5.32 Å². The van der Waals surface area contributed by atoms with Crippen LogP contribution >= 0.6 is 11.3 Å². The topological polar surface area (TPSA) is 79.0 Å². The minimum atomic E-state index is -3.49. The molecule has 10 heteroatoms. The Kier molecular flexibility index (Phi) is 8.13. The van der Waals surface area contributed by atoms with E-state index in [1.165, 1.54) is 12.1 Å². The van der Waals surface area contributed by atoms with E-state index in [9.17, 15) is 17.6 Å². The zero-order valence-electron chi connectivity index (χ0n) is 18.5. The number of piperidine rings is 1. The summed E-state index contributed by atoms with van der Waals surface area (Å²) < 4.78 is 46.4. The first-order valence-electron chi connectivity index (χ1n) is 11.4. The van der Waals surface area contributed by atoms with Gasteiger partial charge in [-0.3, -0.25) is 9.69 Å². The molecule has 1 N–H and O–H groups in total. The van der Waals surface area contributed by atoms with Crippen molar-refractivity contribution in [3.63, 3.8) is 0 Å². The van der Waals surface area contributed by atoms with Gasteiger partial charge >= 0.3 is 0 Å². The van der Waals surface area contributed by atoms with E-state index < -0.39 is 10.0 Å². The van der Waals surface area contributed by atoms with E-state index in [0.29, 0.717) is 41.9 Å². The number of sulfonamides is 1. The highest BCUT2D eigenvalue weighted by molar-refractivity contribution is 7.91. The van der Waals surface area contributed by atoms with Crippen molar-refractivity contribution in [1.82, 2.24) is 14.5 Å². The van der Waals surface area contributed by atoms with Gasteiger partial charge in [-0.2, -0.15) is 4.31 Å². The molecule has 33 heavy (non-hydrogen) atoms. The molecule has 2 aliphatic rings. The molecule has 0 aliphatic carbocycles. The molecule has 0 saturated carbocycles. The van der Waals surface area contributed by atoms with Gasteiger partial charge in [0, 0.05) is 37.6 Å². The van der Waals surface area contributed by atoms with Gasteiger partial charge in [-0.05, 0) is 42.7 Å². The van der Waals surface area contributed by atoms with Crippen LogP contribution in [0.4, 0.5) is 4.39 Å². The molecule has 180 valence electrons. The zero-order chi connectivity index (χ0) is 23.3. The number of ether oxygens (including phenoxy) is 1. The maximum atomic E-state index is 13.4. The van der Waals surface area contributed by atoms with Crippen molar-refractivity contribution in [1.29, 1.82) is 0 Å². The number of hydrogen-bond acceptors (Lipinski definition) is 6. The van der Waals surface area contributed by atoms with Gasteiger partial charge in [0.15, 0.2) is 0 Å². The lowest BCUT2D eigenvalue weighted by atomic mass is 10.0. The molecule has 0 bridgehead atoms. The Morgan fingerprint density at radius 1 is 1.03 bits per heavy atom. The molecule has 7 nitrogen and oxygen atoms in total. The third kappa shape index (κ3) is 6.19. The number of nitrogens with one attached hydrogen (secondary N) is 1. The van der Waals surface area contributed by atoms with Gasteiger partial charge in [0.05, 0.1) is 25.7 Å². The first kappa shape index (κ1) is 24.3. The first-order chi connectivity index (χ1) is 15.9. The molecular formula is C23H30FN3O4S2. The van der Waals surface area contributed by atoms with E-state index in [-0.39, 0.29) is 24.2 Å². The number of morpholine rings is 1. The maximum absolute atomic E-state index is 13.4. The number of rotatable bonds is 8. The summed E-state index contributed by atoms with van der Waals surface area (Å²) in [5.74, 6) is -0.462. The Hall–Kier alpha value is -1.85. The van der Waals surface area contributed by atoms with Crippen molar-refractivity contribution >= 4 is 27.3 Å². The summed E-state index contributed by atoms with van der Waals surface area (Å²) in [5, 5.41) is 2.98. The third-order valence-corrected chi connectivity index (χ3v) is 9.57. The molecule has 2 fully saturated rings. The van der Waals surface area contributed by atoms with Crippen molar-refractivity contribution in [3.8, 4) is 0 Å². The Labute approximate surface area is 198 Å². The lowest BCUT2D eigenvalue weighted by molar-refractivity contribution is -0.120. The average Bonchev–Trinajstić information content (AvgIpc) is 3.31. The smallest absolute Gasteiger partial charge is 0.252 e. The van der Waals surface area contributed by atoms with Gasteiger partial charge in [0.25, 0.3) is 10.0 Å². The van der Waals surface area contributed by atoms with E-state index in [4.69, 9.17) is 4.74 Å². The highest BCUT2D eigenvalue weighted by Crippen LogP contribution is 2.27. The molecular weight excluding hydrogens is 465 g/mol. The minimum absolute atomic E-state index is 0.0863. The number of hydrogen-bond donors (Lipinski definition) is 1. The summed E-state index contributed by atoms with van der Waals surface area (Å²) in [7, 11) is -3.49. The monoisotopic (exact) mass is 495 g/mol. The number of benzene rings is 1. The minimum Gasteiger partial charge on any atom is -0.379 e. The number of nitrogens with zero attached hydrogens (tertiary/aromatic N) is 2. The van der Waals surface area contributed by atoms with Crippen LogP contribution in [0.2, 0.25) is 0 Å². The van der Waals surface area contributed by atoms with Crippen LogP contribution in [0.5, 0.6) is 0 Å². The fourth-order valence-corrected chi connectivity index (χ4v) is 7.31. The molecule has 1 aromatic heterocycles. The summed E-state index contributed by atoms with van der Waals surface area (Å²) in [6, 6.07) is 9.60. The summed E-state index contributed by atoms with van der Waals surface area (Å²) in [6.07, 6.45) is 2.96. The molecule has 4 rings (SSSR count). The van der Waals surface area contributed by atoms with Crippen LogP contribution in [-0.4, -0.2) is 69.5 Å². The molecule has 2 saturated heterocycles. The van der Waals surface area contributed by atoms with Crippen LogP contribution in [0.3, 0.4) is 0 Å². The lowest BCUT2D eigenvalue weighted by Gasteiger charge is -2.35. The second-order valence-corrected chi connectivity index (χ2v) is 11.7. The number of carbonyl (C=O) groups excluding carboxylic acids is 1. The molecule has 3 heterocycles. The highest BCUT2D eigenvalue weighted by atomic mass is 32.2. The summed E-state index contributed by atoms with van der Waals surface area (Å²) >= 11 is 1.16. The molecule has 0 spiro atoms. The van der Waals surface area contributed by atoms with Crippen LogP contribution in [0.1, 0.15) is 35.7 Å². The first-order valence-corrected chi connectivity index (χ1v) is 13.6. The second-order valence-electron chi connectivity index (χ2n) is 8.38. The van der Waals surface area contributed by atoms with Gasteiger partial charge < -0.3 is 10.1 Å². The predicted octanol–water partition coefficient (Wildman–Crippen LogP) is 2.79. The third-order valence-electron chi connectivity index (χ3n) is 6.11. The summed E-state index contributed by atoms with van der Waals surface area (Å²) in [5.41, 5.74) is 0.935. The van der Waals surface area contributed by atoms with E-state index in [0.717, 1.165) is 49.3 Å². The second kappa shape index (κ2) is 11.1. The van der Waals surface area contributed by atoms with Crippen molar-refractivity contribution in [2.24, 2.45) is 0 Å². The lowest BCUT2D eigenvalue weighted by Crippen LogP contribution is -2.44. The van der Waals surface area contributed by atoms with Gasteiger partial charge in [-0.1, -0.05) is 18.6 Å². The van der Waals surface area contributed by atoms with E-state index in [2.05, 4.69) is 10.2 Å². The standard InChI is InChI=1S/C23H30FN3O4S2/c24-19-6-4-18(5-7-19)21(26-12-14-31-15-13-26)17-25-22(28)16-20-8-9-23(32-20)33(29,30)27-10-2-1-3-11-27/h4-9,21H,1-3,10-17H2,(H,25,28). The van der Waals surface area contributed by atoms with Gasteiger partial charge in [0.2, 0.25) is 5.91 Å². The predicted molar refractivity (Wildman–Crippen MR) is 125 cm³/mol. The molecule has 0 radical (unpaired) electrons. The van der Waals surface area contributed by atoms with Crippen LogP contribution in [0.15, 0.2) is 40.6 Å². The van der Waals surface area contributed by atoms with Gasteiger partial charge in [-0.15, -0.1) is 11.3 Å². The number of carbonyl (C=O) groups is 1. The number of thiophene rings is 1. The Bertz CT molecular complexity index is 1030. The van der Waals surface area contributed by atoms with Crippen molar-refractivity contribution in [2.45, 2.75) is 35.9 Å². The summed E-state index contributed by atoms with van der Waals surface area (Å²) in [6.45, 7) is 4.21. The van der Waals surface area contributed by atoms with E-state index in [1.54, 1.807) is 28.6 Å². The Balaban J connectivity index is 1.37. The fourth-order valence-electron chi connectivity index (χ4n) is 4.29. The van der Waals surface area contributed by atoms with Crippen molar-refractivity contribution in [2.75, 3.05) is 45.9 Å². The fraction of sp³-hybridized carbons (Fsp3) is 0.522. The Morgan fingerprint density at radius 2 is 1.73 bits per heavy atom. The van der Waals surface area contributed by atoms with Gasteiger partial charge in [-0.25, -0.2) is 12.8 Å². The van der Waals surface area contributed by atoms with Crippen molar-refractivity contribution < 1.29 is 22.3 Å². The van der Waals surface area contributed by atoms with Crippen LogP contribution in [-0.2, 0) is 26.0 Å². The van der Waals surface area contributed by atoms with E-state index in [1.807, 2.05) is 0 Å². The Morgan fingerprint density at radius 3 is 2.42 bits per heavy atom. The quantitative estimate of drug-likeness (QED) is 0.609. The van der Waals surface area contributed by atoms with Crippen molar-refractivity contribution in [3.05, 3.63) is 52.7 Å². The molecule has 1 amide bonds. The van der Waals surface area contributed by atoms with E-state index >= 15 is 0 Å². The normalized spacial score (nSPS) is 19.3. The molecule has 2 aliphatic heterocycles. The number of halogens is 1. The molecule has 1 aromatic carbocycles. The largest absolute Gasteiger partial charge is 0.379 e.